The van der Waals surface area contributed by atoms with Crippen LogP contribution in [0.25, 0.3) is 0 Å². The Bertz CT molecular complexity index is 975. The second-order valence-corrected chi connectivity index (χ2v) is 6.44. The zero-order chi connectivity index (χ0) is 20.6. The Hall–Kier alpha value is -3.67. The van der Waals surface area contributed by atoms with E-state index in [0.29, 0.717) is 17.0 Å². The van der Waals surface area contributed by atoms with E-state index in [1.165, 1.54) is 24.3 Å². The third kappa shape index (κ3) is 5.65. The fourth-order valence-electron chi connectivity index (χ4n) is 2.76. The lowest BCUT2D eigenvalue weighted by atomic mass is 10.1. The Morgan fingerprint density at radius 3 is 2.31 bits per heavy atom. The van der Waals surface area contributed by atoms with E-state index in [9.17, 15) is 14.0 Å². The number of carbonyl (C=O) groups excluding carboxylic acids is 2. The summed E-state index contributed by atoms with van der Waals surface area (Å²) in [6, 6.07) is 21.6. The molecule has 1 atom stereocenters. The number of anilines is 1. The second kappa shape index (κ2) is 9.50. The number of nitrogens with one attached hydrogen (secondary N) is 2. The van der Waals surface area contributed by atoms with Gasteiger partial charge in [0.15, 0.2) is 6.61 Å². The molecule has 0 aliphatic carbocycles. The molecule has 0 aliphatic rings. The quantitative estimate of drug-likeness (QED) is 0.629. The molecule has 6 heteroatoms. The Morgan fingerprint density at radius 1 is 0.931 bits per heavy atom. The number of hydrogen-bond donors (Lipinski definition) is 2. The molecule has 0 fully saturated rings. The van der Waals surface area contributed by atoms with Crippen LogP contribution in [0.5, 0.6) is 5.75 Å². The molecule has 0 aromatic heterocycles. The SMILES string of the molecule is CC(NC(=O)c1ccccc1NC(=O)COc1ccc(F)cc1)c1ccccc1. The van der Waals surface area contributed by atoms with E-state index in [0.717, 1.165) is 5.56 Å². The van der Waals surface area contributed by atoms with E-state index in [4.69, 9.17) is 4.74 Å². The first kappa shape index (κ1) is 20.1. The van der Waals surface area contributed by atoms with Crippen molar-refractivity contribution < 1.29 is 18.7 Å². The zero-order valence-corrected chi connectivity index (χ0v) is 15.9. The summed E-state index contributed by atoms with van der Waals surface area (Å²) in [7, 11) is 0. The van der Waals surface area contributed by atoms with E-state index in [1.54, 1.807) is 24.3 Å². The maximum absolute atomic E-state index is 12.9. The molecule has 3 aromatic rings. The second-order valence-electron chi connectivity index (χ2n) is 6.44. The van der Waals surface area contributed by atoms with Crippen LogP contribution in [0.1, 0.15) is 28.9 Å². The number of benzene rings is 3. The average Bonchev–Trinajstić information content (AvgIpc) is 2.74. The number of halogens is 1. The molecule has 3 rings (SSSR count). The van der Waals surface area contributed by atoms with E-state index in [-0.39, 0.29) is 24.4 Å². The number of amides is 2. The van der Waals surface area contributed by atoms with E-state index in [1.807, 2.05) is 37.3 Å². The van der Waals surface area contributed by atoms with Crippen LogP contribution in [0.15, 0.2) is 78.9 Å². The van der Waals surface area contributed by atoms with Crippen LogP contribution in [0.3, 0.4) is 0 Å². The maximum atomic E-state index is 12.9. The van der Waals surface area contributed by atoms with Gasteiger partial charge in [-0.05, 0) is 48.9 Å². The molecule has 2 N–H and O–H groups in total. The predicted molar refractivity (Wildman–Crippen MR) is 109 cm³/mol. The summed E-state index contributed by atoms with van der Waals surface area (Å²) >= 11 is 0. The smallest absolute Gasteiger partial charge is 0.262 e. The molecule has 5 nitrogen and oxygen atoms in total. The van der Waals surface area contributed by atoms with Gasteiger partial charge in [0, 0.05) is 0 Å². The molecule has 3 aromatic carbocycles. The topological polar surface area (TPSA) is 67.4 Å². The van der Waals surface area contributed by atoms with Gasteiger partial charge in [0.05, 0.1) is 17.3 Å². The molecule has 0 heterocycles. The fraction of sp³-hybridized carbons (Fsp3) is 0.130. The monoisotopic (exact) mass is 392 g/mol. The van der Waals surface area contributed by atoms with Crippen LogP contribution < -0.4 is 15.4 Å². The van der Waals surface area contributed by atoms with Crippen LogP contribution in [-0.2, 0) is 4.79 Å². The maximum Gasteiger partial charge on any atom is 0.262 e. The number of para-hydroxylation sites is 1. The number of carbonyl (C=O) groups is 2. The van der Waals surface area contributed by atoms with E-state index < -0.39 is 5.91 Å². The van der Waals surface area contributed by atoms with Crippen molar-refractivity contribution in [1.82, 2.24) is 5.32 Å². The largest absolute Gasteiger partial charge is 0.484 e. The lowest BCUT2D eigenvalue weighted by Gasteiger charge is -2.16. The molecule has 0 aliphatic heterocycles. The summed E-state index contributed by atoms with van der Waals surface area (Å²) in [4.78, 5) is 24.9. The highest BCUT2D eigenvalue weighted by Gasteiger charge is 2.16. The van der Waals surface area contributed by atoms with Crippen LogP contribution in [0, 0.1) is 5.82 Å². The number of hydrogen-bond acceptors (Lipinski definition) is 3. The van der Waals surface area contributed by atoms with Gasteiger partial charge in [0.25, 0.3) is 11.8 Å². The summed E-state index contributed by atoms with van der Waals surface area (Å²) in [5.74, 6) is -0.724. The van der Waals surface area contributed by atoms with Gasteiger partial charge in [-0.3, -0.25) is 9.59 Å². The first-order valence-corrected chi connectivity index (χ1v) is 9.16. The van der Waals surface area contributed by atoms with E-state index >= 15 is 0 Å². The van der Waals surface area contributed by atoms with Crippen molar-refractivity contribution >= 4 is 17.5 Å². The minimum atomic E-state index is -0.425. The van der Waals surface area contributed by atoms with Crippen LogP contribution >= 0.6 is 0 Å². The minimum Gasteiger partial charge on any atom is -0.484 e. The summed E-state index contributed by atoms with van der Waals surface area (Å²) in [6.45, 7) is 1.63. The van der Waals surface area contributed by atoms with Gasteiger partial charge >= 0.3 is 0 Å². The number of rotatable bonds is 7. The molecular formula is C23H21FN2O3. The Labute approximate surface area is 168 Å². The van der Waals surface area contributed by atoms with Crippen molar-refractivity contribution in [1.29, 1.82) is 0 Å². The first-order valence-electron chi connectivity index (χ1n) is 9.16. The molecule has 2 amide bonds. The molecule has 1 unspecified atom stereocenters. The van der Waals surface area contributed by atoms with Gasteiger partial charge in [-0.1, -0.05) is 42.5 Å². The Kier molecular flexibility index (Phi) is 6.58. The molecule has 0 spiro atoms. The lowest BCUT2D eigenvalue weighted by Crippen LogP contribution is -2.28. The molecule has 0 saturated carbocycles. The predicted octanol–water partition coefficient (Wildman–Crippen LogP) is 4.33. The van der Waals surface area contributed by atoms with Crippen molar-refractivity contribution in [2.75, 3.05) is 11.9 Å². The molecule has 0 radical (unpaired) electrons. The third-order valence-corrected chi connectivity index (χ3v) is 4.28. The normalized spacial score (nSPS) is 11.4. The molecule has 148 valence electrons. The summed E-state index contributed by atoms with van der Waals surface area (Å²) in [5.41, 5.74) is 1.72. The van der Waals surface area contributed by atoms with Crippen molar-refractivity contribution in [2.24, 2.45) is 0 Å². The first-order chi connectivity index (χ1) is 14.0. The van der Waals surface area contributed by atoms with Crippen molar-refractivity contribution in [3.63, 3.8) is 0 Å². The molecule has 0 bridgehead atoms. The van der Waals surface area contributed by atoms with Crippen molar-refractivity contribution in [3.8, 4) is 5.75 Å². The van der Waals surface area contributed by atoms with E-state index in [2.05, 4.69) is 10.6 Å². The third-order valence-electron chi connectivity index (χ3n) is 4.28. The Balaban J connectivity index is 1.62. The molecule has 29 heavy (non-hydrogen) atoms. The summed E-state index contributed by atoms with van der Waals surface area (Å²) in [6.07, 6.45) is 0. The summed E-state index contributed by atoms with van der Waals surface area (Å²) in [5, 5.41) is 5.62. The van der Waals surface area contributed by atoms with Crippen molar-refractivity contribution in [2.45, 2.75) is 13.0 Å². The highest BCUT2D eigenvalue weighted by Crippen LogP contribution is 2.18. The van der Waals surface area contributed by atoms with Crippen LogP contribution in [-0.4, -0.2) is 18.4 Å². The minimum absolute atomic E-state index is 0.186. The van der Waals surface area contributed by atoms with Crippen LogP contribution in [0.4, 0.5) is 10.1 Å². The lowest BCUT2D eigenvalue weighted by molar-refractivity contribution is -0.118. The zero-order valence-electron chi connectivity index (χ0n) is 15.9. The van der Waals surface area contributed by atoms with Crippen molar-refractivity contribution in [3.05, 3.63) is 95.8 Å². The summed E-state index contributed by atoms with van der Waals surface area (Å²) < 4.78 is 18.3. The standard InChI is InChI=1S/C23H21FN2O3/c1-16(17-7-3-2-4-8-17)25-23(28)20-9-5-6-10-21(20)26-22(27)15-29-19-13-11-18(24)12-14-19/h2-14,16H,15H2,1H3,(H,25,28)(H,26,27). The Morgan fingerprint density at radius 2 is 1.59 bits per heavy atom. The van der Waals surface area contributed by atoms with Gasteiger partial charge in [-0.2, -0.15) is 0 Å². The van der Waals surface area contributed by atoms with Gasteiger partial charge in [0.1, 0.15) is 11.6 Å². The number of ether oxygens (including phenoxy) is 1. The van der Waals surface area contributed by atoms with Gasteiger partial charge in [-0.25, -0.2) is 4.39 Å². The van der Waals surface area contributed by atoms with Crippen LogP contribution in [0.2, 0.25) is 0 Å². The van der Waals surface area contributed by atoms with Gasteiger partial charge in [-0.15, -0.1) is 0 Å². The highest BCUT2D eigenvalue weighted by molar-refractivity contribution is 6.04. The fourth-order valence-corrected chi connectivity index (χ4v) is 2.76. The van der Waals surface area contributed by atoms with Gasteiger partial charge in [0.2, 0.25) is 0 Å². The highest BCUT2D eigenvalue weighted by atomic mass is 19.1. The molecular weight excluding hydrogens is 371 g/mol. The average molecular weight is 392 g/mol. The molecule has 0 saturated heterocycles. The van der Waals surface area contributed by atoms with Gasteiger partial charge < -0.3 is 15.4 Å².